The Morgan fingerprint density at radius 1 is 1.35 bits per heavy atom. The fraction of sp³-hybridized carbons (Fsp3) is 0.429. The van der Waals surface area contributed by atoms with Crippen LogP contribution < -0.4 is 5.32 Å². The Morgan fingerprint density at radius 3 is 3.06 bits per heavy atom. The summed E-state index contributed by atoms with van der Waals surface area (Å²) in [6, 6.07) is 9.16. The van der Waals surface area contributed by atoms with Crippen molar-refractivity contribution in [2.45, 2.75) is 31.7 Å². The molecular formula is C14H16ClNS. The predicted molar refractivity (Wildman–Crippen MR) is 76.3 cm³/mol. The van der Waals surface area contributed by atoms with Crippen molar-refractivity contribution in [1.82, 2.24) is 5.32 Å². The number of benzene rings is 1. The number of hydrogen-bond donors (Lipinski definition) is 1. The standard InChI is InChI=1S/C14H16ClNS/c1-9-6-10(4-5-16-9)14-8-11-7-12(15)2-3-13(11)17-14/h2-3,7-10,16H,4-6H2,1H3/t9-,10+/m1/s1. The molecule has 0 unspecified atom stereocenters. The van der Waals surface area contributed by atoms with Crippen molar-refractivity contribution in [1.29, 1.82) is 0 Å². The Balaban J connectivity index is 1.94. The highest BCUT2D eigenvalue weighted by atomic mass is 35.5. The van der Waals surface area contributed by atoms with E-state index in [1.54, 1.807) is 0 Å². The topological polar surface area (TPSA) is 12.0 Å². The molecule has 90 valence electrons. The molecule has 0 amide bonds. The fourth-order valence-electron chi connectivity index (χ4n) is 2.63. The van der Waals surface area contributed by atoms with E-state index in [2.05, 4.69) is 30.4 Å². The summed E-state index contributed by atoms with van der Waals surface area (Å²) in [5.74, 6) is 0.724. The van der Waals surface area contributed by atoms with E-state index < -0.39 is 0 Å². The quantitative estimate of drug-likeness (QED) is 0.805. The van der Waals surface area contributed by atoms with E-state index >= 15 is 0 Å². The van der Waals surface area contributed by atoms with E-state index in [1.165, 1.54) is 27.8 Å². The molecule has 0 bridgehead atoms. The molecular weight excluding hydrogens is 250 g/mol. The lowest BCUT2D eigenvalue weighted by atomic mass is 9.92. The van der Waals surface area contributed by atoms with Gasteiger partial charge in [-0.1, -0.05) is 11.6 Å². The van der Waals surface area contributed by atoms with Crippen molar-refractivity contribution >= 4 is 33.0 Å². The summed E-state index contributed by atoms with van der Waals surface area (Å²) in [6.45, 7) is 3.41. The predicted octanol–water partition coefficient (Wildman–Crippen LogP) is 4.41. The van der Waals surface area contributed by atoms with Crippen LogP contribution in [0.4, 0.5) is 0 Å². The molecule has 1 fully saturated rings. The van der Waals surface area contributed by atoms with Gasteiger partial charge in [-0.25, -0.2) is 0 Å². The lowest BCUT2D eigenvalue weighted by Crippen LogP contribution is -2.34. The van der Waals surface area contributed by atoms with Gasteiger partial charge in [-0.2, -0.15) is 0 Å². The van der Waals surface area contributed by atoms with Crippen LogP contribution >= 0.6 is 22.9 Å². The first-order valence-corrected chi connectivity index (χ1v) is 7.34. The minimum atomic E-state index is 0.641. The highest BCUT2D eigenvalue weighted by Crippen LogP contribution is 2.36. The molecule has 3 heteroatoms. The van der Waals surface area contributed by atoms with Gasteiger partial charge in [0.05, 0.1) is 0 Å². The van der Waals surface area contributed by atoms with E-state index in [4.69, 9.17) is 11.6 Å². The van der Waals surface area contributed by atoms with Crippen LogP contribution in [0, 0.1) is 0 Å². The summed E-state index contributed by atoms with van der Waals surface area (Å²) in [6.07, 6.45) is 2.51. The molecule has 2 aromatic rings. The number of nitrogens with one attached hydrogen (secondary N) is 1. The van der Waals surface area contributed by atoms with Crippen LogP contribution in [0.15, 0.2) is 24.3 Å². The van der Waals surface area contributed by atoms with Crippen LogP contribution in [0.2, 0.25) is 5.02 Å². The number of fused-ring (bicyclic) bond motifs is 1. The fourth-order valence-corrected chi connectivity index (χ4v) is 4.00. The summed E-state index contributed by atoms with van der Waals surface area (Å²) in [4.78, 5) is 1.52. The summed E-state index contributed by atoms with van der Waals surface area (Å²) < 4.78 is 1.36. The molecule has 1 N–H and O–H groups in total. The van der Waals surface area contributed by atoms with Gasteiger partial charge >= 0.3 is 0 Å². The number of hydrogen-bond acceptors (Lipinski definition) is 2. The van der Waals surface area contributed by atoms with Gasteiger partial charge in [0, 0.05) is 20.6 Å². The Morgan fingerprint density at radius 2 is 2.24 bits per heavy atom. The number of rotatable bonds is 1. The summed E-state index contributed by atoms with van der Waals surface area (Å²) >= 11 is 7.96. The van der Waals surface area contributed by atoms with Crippen molar-refractivity contribution < 1.29 is 0 Å². The molecule has 3 rings (SSSR count). The van der Waals surface area contributed by atoms with Gasteiger partial charge in [0.2, 0.25) is 0 Å². The van der Waals surface area contributed by atoms with Crippen molar-refractivity contribution in [3.63, 3.8) is 0 Å². The number of thiophene rings is 1. The van der Waals surface area contributed by atoms with E-state index in [1.807, 2.05) is 17.4 Å². The van der Waals surface area contributed by atoms with Crippen LogP contribution in [-0.2, 0) is 0 Å². The highest BCUT2D eigenvalue weighted by Gasteiger charge is 2.21. The van der Waals surface area contributed by atoms with Crippen LogP contribution in [0.1, 0.15) is 30.6 Å². The molecule has 2 heterocycles. The summed E-state index contributed by atoms with van der Waals surface area (Å²) in [5.41, 5.74) is 0. The van der Waals surface area contributed by atoms with E-state index in [-0.39, 0.29) is 0 Å². The minimum absolute atomic E-state index is 0.641. The Hall–Kier alpha value is -0.570. The van der Waals surface area contributed by atoms with Gasteiger partial charge in [0.1, 0.15) is 0 Å². The Bertz CT molecular complexity index is 534. The second-order valence-electron chi connectivity index (χ2n) is 4.91. The molecule has 0 radical (unpaired) electrons. The maximum atomic E-state index is 6.03. The third-order valence-corrected chi connectivity index (χ3v) is 5.04. The van der Waals surface area contributed by atoms with Crippen LogP contribution in [0.5, 0.6) is 0 Å². The maximum absolute atomic E-state index is 6.03. The lowest BCUT2D eigenvalue weighted by Gasteiger charge is -2.27. The third-order valence-electron chi connectivity index (χ3n) is 3.52. The van der Waals surface area contributed by atoms with Crippen LogP contribution in [0.3, 0.4) is 0 Å². The second-order valence-corrected chi connectivity index (χ2v) is 6.46. The van der Waals surface area contributed by atoms with Gasteiger partial charge < -0.3 is 5.32 Å². The average molecular weight is 266 g/mol. The summed E-state index contributed by atoms with van der Waals surface area (Å²) in [7, 11) is 0. The minimum Gasteiger partial charge on any atom is -0.314 e. The molecule has 1 nitrogen and oxygen atoms in total. The van der Waals surface area contributed by atoms with Crippen molar-refractivity contribution in [2.24, 2.45) is 0 Å². The van der Waals surface area contributed by atoms with Gasteiger partial charge in [0.15, 0.2) is 0 Å². The van der Waals surface area contributed by atoms with Gasteiger partial charge in [0.25, 0.3) is 0 Å². The van der Waals surface area contributed by atoms with E-state index in [0.29, 0.717) is 6.04 Å². The third kappa shape index (κ3) is 2.35. The number of piperidine rings is 1. The van der Waals surface area contributed by atoms with Crippen molar-refractivity contribution in [2.75, 3.05) is 6.54 Å². The van der Waals surface area contributed by atoms with Crippen molar-refractivity contribution in [3.05, 3.63) is 34.2 Å². The smallest absolute Gasteiger partial charge is 0.0412 e. The molecule has 0 spiro atoms. The van der Waals surface area contributed by atoms with Crippen LogP contribution in [-0.4, -0.2) is 12.6 Å². The molecule has 1 aromatic carbocycles. The second kappa shape index (κ2) is 4.60. The monoisotopic (exact) mass is 265 g/mol. The normalized spacial score (nSPS) is 25.3. The molecule has 1 aliphatic heterocycles. The number of halogens is 1. The Labute approximate surface area is 111 Å². The zero-order chi connectivity index (χ0) is 11.8. The van der Waals surface area contributed by atoms with Crippen LogP contribution in [0.25, 0.3) is 10.1 Å². The zero-order valence-electron chi connectivity index (χ0n) is 9.87. The van der Waals surface area contributed by atoms with Gasteiger partial charge in [-0.05, 0) is 61.9 Å². The molecule has 1 aliphatic rings. The first-order valence-electron chi connectivity index (χ1n) is 6.15. The average Bonchev–Trinajstić information content (AvgIpc) is 2.72. The first kappa shape index (κ1) is 11.5. The van der Waals surface area contributed by atoms with Crippen molar-refractivity contribution in [3.8, 4) is 0 Å². The lowest BCUT2D eigenvalue weighted by molar-refractivity contribution is 0.384. The Kier molecular flexibility index (Phi) is 3.12. The molecule has 0 aliphatic carbocycles. The maximum Gasteiger partial charge on any atom is 0.0412 e. The highest BCUT2D eigenvalue weighted by molar-refractivity contribution is 7.19. The van der Waals surface area contributed by atoms with Gasteiger partial charge in [-0.3, -0.25) is 0 Å². The van der Waals surface area contributed by atoms with E-state index in [0.717, 1.165) is 17.5 Å². The zero-order valence-corrected chi connectivity index (χ0v) is 11.4. The molecule has 17 heavy (non-hydrogen) atoms. The summed E-state index contributed by atoms with van der Waals surface area (Å²) in [5, 5.41) is 5.64. The SMILES string of the molecule is C[C@@H]1C[C@@H](c2cc3cc(Cl)ccc3s2)CCN1. The van der Waals surface area contributed by atoms with E-state index in [9.17, 15) is 0 Å². The first-order chi connectivity index (χ1) is 8.22. The molecule has 0 saturated carbocycles. The molecule has 1 aromatic heterocycles. The van der Waals surface area contributed by atoms with Gasteiger partial charge in [-0.15, -0.1) is 11.3 Å². The largest absolute Gasteiger partial charge is 0.314 e. The molecule has 2 atom stereocenters. The molecule has 1 saturated heterocycles.